The zero-order valence-electron chi connectivity index (χ0n) is 11.3. The van der Waals surface area contributed by atoms with Gasteiger partial charge in [-0.15, -0.1) is 0 Å². The molecule has 0 aliphatic heterocycles. The normalized spacial score (nSPS) is 8.78. The minimum atomic E-state index is 0. The Balaban J connectivity index is 0.000000321. The molecule has 90 valence electrons. The fourth-order valence-corrected chi connectivity index (χ4v) is 1.44. The minimum absolute atomic E-state index is 0. The standard InChI is InChI=1S/C10H13.C7H7.Y/c1-2-3-7-10-8-5-4-6-9-10;1-7-5-3-2-4-6-7;/h5-6,8-9H,2-3,7H2,1H3;3-6H,1H3;/q2*-1;+3. The third kappa shape index (κ3) is 8.61. The quantitative estimate of drug-likeness (QED) is 0.725. The van der Waals surface area contributed by atoms with Crippen LogP contribution in [0.1, 0.15) is 30.9 Å². The average Bonchev–Trinajstić information content (AvgIpc) is 2.39. The van der Waals surface area contributed by atoms with Crippen molar-refractivity contribution in [2.24, 2.45) is 0 Å². The number of hydrogen-bond donors (Lipinski definition) is 0. The Hall–Kier alpha value is -0.456. The first-order chi connectivity index (χ1) is 8.33. The van der Waals surface area contributed by atoms with Crippen LogP contribution >= 0.6 is 0 Å². The summed E-state index contributed by atoms with van der Waals surface area (Å²) in [6.45, 7) is 4.28. The summed E-state index contributed by atoms with van der Waals surface area (Å²) in [4.78, 5) is 0. The molecule has 2 aromatic rings. The van der Waals surface area contributed by atoms with Crippen LogP contribution in [0, 0.1) is 19.1 Å². The summed E-state index contributed by atoms with van der Waals surface area (Å²) in [5.41, 5.74) is 2.72. The smallest absolute Gasteiger partial charge is 0.184 e. The van der Waals surface area contributed by atoms with Gasteiger partial charge in [0, 0.05) is 0 Å². The molecule has 0 aliphatic rings. The molecule has 0 bridgehead atoms. The largest absolute Gasteiger partial charge is 3.00 e. The summed E-state index contributed by atoms with van der Waals surface area (Å²) in [5.74, 6) is 0. The van der Waals surface area contributed by atoms with E-state index in [2.05, 4.69) is 38.1 Å². The predicted octanol–water partition coefficient (Wildman–Crippen LogP) is 4.62. The number of unbranched alkanes of at least 4 members (excludes halogenated alkanes) is 1. The van der Waals surface area contributed by atoms with Crippen LogP contribution in [0.5, 0.6) is 0 Å². The van der Waals surface area contributed by atoms with Crippen LogP contribution in [0.3, 0.4) is 0 Å². The zero-order chi connectivity index (χ0) is 12.3. The molecular weight excluding hydrogens is 293 g/mol. The Morgan fingerprint density at radius 3 is 1.78 bits per heavy atom. The summed E-state index contributed by atoms with van der Waals surface area (Å²) in [6, 6.07) is 22.0. The summed E-state index contributed by atoms with van der Waals surface area (Å²) in [6.07, 6.45) is 3.79. The maximum absolute atomic E-state index is 3.01. The molecule has 0 saturated carbocycles. The van der Waals surface area contributed by atoms with Gasteiger partial charge in [0.05, 0.1) is 0 Å². The summed E-state index contributed by atoms with van der Waals surface area (Å²) in [7, 11) is 0. The topological polar surface area (TPSA) is 0 Å². The summed E-state index contributed by atoms with van der Waals surface area (Å²) < 4.78 is 0. The van der Waals surface area contributed by atoms with E-state index < -0.39 is 0 Å². The first-order valence-corrected chi connectivity index (χ1v) is 6.20. The van der Waals surface area contributed by atoms with Gasteiger partial charge in [0.2, 0.25) is 0 Å². The molecule has 18 heavy (non-hydrogen) atoms. The van der Waals surface area contributed by atoms with E-state index in [1.54, 1.807) is 0 Å². The molecule has 0 saturated heterocycles. The Kier molecular flexibility index (Phi) is 11.3. The number of rotatable bonds is 3. The Morgan fingerprint density at radius 2 is 1.39 bits per heavy atom. The molecule has 2 rings (SSSR count). The van der Waals surface area contributed by atoms with Gasteiger partial charge in [0.1, 0.15) is 0 Å². The molecule has 0 nitrogen and oxygen atoms in total. The van der Waals surface area contributed by atoms with Crippen LogP contribution in [0.15, 0.2) is 48.5 Å². The molecule has 0 fully saturated rings. The Bertz CT molecular complexity index is 381. The molecule has 0 spiro atoms. The van der Waals surface area contributed by atoms with Gasteiger partial charge in [0.15, 0.2) is 0 Å². The second-order valence-corrected chi connectivity index (χ2v) is 4.09. The van der Waals surface area contributed by atoms with E-state index >= 15 is 0 Å². The van der Waals surface area contributed by atoms with Gasteiger partial charge in [0.25, 0.3) is 0 Å². The van der Waals surface area contributed by atoms with Crippen molar-refractivity contribution in [2.75, 3.05) is 0 Å². The molecule has 0 amide bonds. The molecule has 0 aliphatic carbocycles. The number of benzene rings is 2. The molecule has 0 unspecified atom stereocenters. The molecule has 0 radical (unpaired) electrons. The van der Waals surface area contributed by atoms with E-state index in [0.29, 0.717) is 0 Å². The van der Waals surface area contributed by atoms with Crippen molar-refractivity contribution >= 4 is 0 Å². The number of hydrogen-bond acceptors (Lipinski definition) is 0. The molecule has 0 N–H and O–H groups in total. The monoisotopic (exact) mass is 313 g/mol. The van der Waals surface area contributed by atoms with Gasteiger partial charge in [-0.2, -0.15) is 71.8 Å². The van der Waals surface area contributed by atoms with Gasteiger partial charge in [-0.25, -0.2) is 0 Å². The SMILES string of the molecule is CCCCc1cc[c-]cc1.Cc1cc[c-]cc1.[Y+3]. The molecule has 0 heterocycles. The Labute approximate surface area is 137 Å². The van der Waals surface area contributed by atoms with E-state index in [-0.39, 0.29) is 32.7 Å². The van der Waals surface area contributed by atoms with Gasteiger partial charge in [-0.05, 0) is 0 Å². The summed E-state index contributed by atoms with van der Waals surface area (Å²) in [5, 5.41) is 0. The van der Waals surface area contributed by atoms with Gasteiger partial charge in [-0.1, -0.05) is 33.1 Å². The van der Waals surface area contributed by atoms with E-state index in [0.717, 1.165) is 0 Å². The van der Waals surface area contributed by atoms with Crippen LogP contribution in [0.4, 0.5) is 0 Å². The molecule has 1 heteroatoms. The first-order valence-electron chi connectivity index (χ1n) is 6.20. The van der Waals surface area contributed by atoms with Crippen LogP contribution in [0.25, 0.3) is 0 Å². The first kappa shape index (κ1) is 17.5. The average molecular weight is 313 g/mol. The molecule has 0 atom stereocenters. The molecular formula is C17H20Y+. The second-order valence-electron chi connectivity index (χ2n) is 4.09. The summed E-state index contributed by atoms with van der Waals surface area (Å²) >= 11 is 0. The molecule has 2 aromatic carbocycles. The van der Waals surface area contributed by atoms with Crippen LogP contribution in [0.2, 0.25) is 0 Å². The zero-order valence-corrected chi connectivity index (χ0v) is 14.2. The number of aryl methyl sites for hydroxylation is 2. The van der Waals surface area contributed by atoms with Crippen molar-refractivity contribution in [2.45, 2.75) is 33.1 Å². The van der Waals surface area contributed by atoms with E-state index in [4.69, 9.17) is 0 Å². The minimum Gasteiger partial charge on any atom is -0.184 e. The van der Waals surface area contributed by atoms with Crippen LogP contribution < -0.4 is 0 Å². The van der Waals surface area contributed by atoms with Gasteiger partial charge in [-0.3, -0.25) is 0 Å². The van der Waals surface area contributed by atoms with Crippen molar-refractivity contribution in [1.29, 1.82) is 0 Å². The fourth-order valence-electron chi connectivity index (χ4n) is 1.44. The van der Waals surface area contributed by atoms with Crippen LogP contribution in [-0.4, -0.2) is 0 Å². The van der Waals surface area contributed by atoms with E-state index in [1.807, 2.05) is 36.4 Å². The predicted molar refractivity (Wildman–Crippen MR) is 73.9 cm³/mol. The van der Waals surface area contributed by atoms with E-state index in [1.165, 1.54) is 30.4 Å². The van der Waals surface area contributed by atoms with E-state index in [9.17, 15) is 0 Å². The second kappa shape index (κ2) is 11.6. The van der Waals surface area contributed by atoms with Crippen LogP contribution in [-0.2, 0) is 39.1 Å². The fraction of sp³-hybridized carbons (Fsp3) is 0.294. The van der Waals surface area contributed by atoms with Crippen molar-refractivity contribution in [3.63, 3.8) is 0 Å². The third-order valence-electron chi connectivity index (χ3n) is 2.49. The van der Waals surface area contributed by atoms with Gasteiger partial charge < -0.3 is 0 Å². The maximum atomic E-state index is 3.01. The Morgan fingerprint density at radius 1 is 0.889 bits per heavy atom. The van der Waals surface area contributed by atoms with Crippen molar-refractivity contribution in [3.8, 4) is 0 Å². The molecule has 0 aromatic heterocycles. The van der Waals surface area contributed by atoms with Gasteiger partial charge >= 0.3 is 32.7 Å². The van der Waals surface area contributed by atoms with Crippen molar-refractivity contribution in [3.05, 3.63) is 71.8 Å². The van der Waals surface area contributed by atoms with Crippen molar-refractivity contribution in [1.82, 2.24) is 0 Å². The maximum Gasteiger partial charge on any atom is 3.00 e. The third-order valence-corrected chi connectivity index (χ3v) is 2.49. The van der Waals surface area contributed by atoms with Crippen molar-refractivity contribution < 1.29 is 32.7 Å².